The zero-order valence-electron chi connectivity index (χ0n) is 17.1. The third kappa shape index (κ3) is 5.29. The van der Waals surface area contributed by atoms with E-state index in [0.717, 1.165) is 25.0 Å². The maximum Gasteiger partial charge on any atom is 0.289 e. The zero-order valence-corrected chi connectivity index (χ0v) is 17.1. The number of ether oxygens (including phenoxy) is 2. The first kappa shape index (κ1) is 20.6. The van der Waals surface area contributed by atoms with Gasteiger partial charge in [-0.2, -0.15) is 0 Å². The molecule has 1 aromatic heterocycles. The lowest BCUT2D eigenvalue weighted by Gasteiger charge is -2.36. The maximum absolute atomic E-state index is 13.1. The number of nitrogens with zero attached hydrogens (tertiary/aromatic N) is 2. The van der Waals surface area contributed by atoms with Crippen molar-refractivity contribution in [2.45, 2.75) is 31.5 Å². The van der Waals surface area contributed by atoms with E-state index in [0.29, 0.717) is 45.0 Å². The van der Waals surface area contributed by atoms with Crippen molar-refractivity contribution in [1.82, 2.24) is 9.80 Å². The molecule has 1 aromatic carbocycles. The summed E-state index contributed by atoms with van der Waals surface area (Å²) < 4.78 is 16.9. The number of benzene rings is 1. The number of hydrogen-bond acceptors (Lipinski definition) is 5. The standard InChI is InChI=1S/C23H28N2O5/c26-22(14-18-6-2-1-3-7-18)25(15-19-8-4-11-28-19)17-20-16-24(10-13-29-20)23(27)21-9-5-12-30-21/h1-3,5-7,9,12,19-20H,4,8,10-11,13-17H2. The summed E-state index contributed by atoms with van der Waals surface area (Å²) in [5, 5.41) is 0. The molecule has 2 aliphatic heterocycles. The number of furan rings is 1. The predicted octanol–water partition coefficient (Wildman–Crippen LogP) is 2.37. The highest BCUT2D eigenvalue weighted by atomic mass is 16.5. The van der Waals surface area contributed by atoms with E-state index in [1.54, 1.807) is 17.0 Å². The molecule has 2 amide bonds. The SMILES string of the molecule is O=C(Cc1ccccc1)N(CC1CCCO1)CC1CN(C(=O)c2ccco2)CCO1. The molecule has 0 radical (unpaired) electrons. The molecule has 2 aromatic rings. The summed E-state index contributed by atoms with van der Waals surface area (Å²) in [6.45, 7) is 3.12. The molecule has 2 aliphatic rings. The minimum Gasteiger partial charge on any atom is -0.459 e. The van der Waals surface area contributed by atoms with Gasteiger partial charge in [0.25, 0.3) is 5.91 Å². The normalized spacial score (nSPS) is 21.5. The van der Waals surface area contributed by atoms with Crippen LogP contribution in [0.3, 0.4) is 0 Å². The quantitative estimate of drug-likeness (QED) is 0.698. The van der Waals surface area contributed by atoms with Gasteiger partial charge in [-0.1, -0.05) is 30.3 Å². The van der Waals surface area contributed by atoms with Gasteiger partial charge in [0.15, 0.2) is 5.76 Å². The monoisotopic (exact) mass is 412 g/mol. The van der Waals surface area contributed by atoms with Crippen molar-refractivity contribution >= 4 is 11.8 Å². The molecular weight excluding hydrogens is 384 g/mol. The summed E-state index contributed by atoms with van der Waals surface area (Å²) in [7, 11) is 0. The molecule has 160 valence electrons. The molecule has 7 heteroatoms. The highest BCUT2D eigenvalue weighted by Crippen LogP contribution is 2.17. The van der Waals surface area contributed by atoms with Gasteiger partial charge >= 0.3 is 0 Å². The van der Waals surface area contributed by atoms with E-state index in [9.17, 15) is 9.59 Å². The van der Waals surface area contributed by atoms with Crippen LogP contribution in [0.5, 0.6) is 0 Å². The Kier molecular flexibility index (Phi) is 6.81. The molecular formula is C23H28N2O5. The van der Waals surface area contributed by atoms with Crippen LogP contribution in [0.2, 0.25) is 0 Å². The first-order valence-electron chi connectivity index (χ1n) is 10.6. The Balaban J connectivity index is 1.40. The average molecular weight is 412 g/mol. The Labute approximate surface area is 176 Å². The lowest BCUT2D eigenvalue weighted by molar-refractivity contribution is -0.135. The molecule has 4 rings (SSSR count). The van der Waals surface area contributed by atoms with Crippen LogP contribution in [0.25, 0.3) is 0 Å². The molecule has 2 atom stereocenters. The molecule has 0 spiro atoms. The van der Waals surface area contributed by atoms with Gasteiger partial charge in [0.2, 0.25) is 5.91 Å². The van der Waals surface area contributed by atoms with E-state index in [1.807, 2.05) is 35.2 Å². The second-order valence-electron chi connectivity index (χ2n) is 7.82. The topological polar surface area (TPSA) is 72.2 Å². The third-order valence-electron chi connectivity index (χ3n) is 5.58. The van der Waals surface area contributed by atoms with Gasteiger partial charge in [-0.25, -0.2) is 0 Å². The second-order valence-corrected chi connectivity index (χ2v) is 7.82. The smallest absolute Gasteiger partial charge is 0.289 e. The molecule has 0 aliphatic carbocycles. The van der Waals surface area contributed by atoms with Crippen molar-refractivity contribution in [3.8, 4) is 0 Å². The molecule has 0 saturated carbocycles. The fourth-order valence-corrected chi connectivity index (χ4v) is 4.01. The molecule has 0 bridgehead atoms. The lowest BCUT2D eigenvalue weighted by atomic mass is 10.1. The minimum atomic E-state index is -0.237. The average Bonchev–Trinajstić information content (AvgIpc) is 3.48. The number of carbonyl (C=O) groups excluding carboxylic acids is 2. The van der Waals surface area contributed by atoms with Crippen LogP contribution in [0, 0.1) is 0 Å². The number of hydrogen-bond donors (Lipinski definition) is 0. The predicted molar refractivity (Wildman–Crippen MR) is 110 cm³/mol. The van der Waals surface area contributed by atoms with Crippen molar-refractivity contribution in [3.63, 3.8) is 0 Å². The first-order chi connectivity index (χ1) is 14.7. The molecule has 2 fully saturated rings. The Morgan fingerprint density at radius 1 is 1.00 bits per heavy atom. The lowest BCUT2D eigenvalue weighted by Crippen LogP contribution is -2.51. The third-order valence-corrected chi connectivity index (χ3v) is 5.58. The van der Waals surface area contributed by atoms with Gasteiger partial charge < -0.3 is 23.7 Å². The van der Waals surface area contributed by atoms with Gasteiger partial charge in [0.05, 0.1) is 31.5 Å². The fraction of sp³-hybridized carbons (Fsp3) is 0.478. The molecule has 30 heavy (non-hydrogen) atoms. The van der Waals surface area contributed by atoms with Crippen molar-refractivity contribution in [2.24, 2.45) is 0 Å². The van der Waals surface area contributed by atoms with E-state index >= 15 is 0 Å². The molecule has 3 heterocycles. The second kappa shape index (κ2) is 9.91. The van der Waals surface area contributed by atoms with E-state index in [-0.39, 0.29) is 24.0 Å². The van der Waals surface area contributed by atoms with Crippen LogP contribution in [0.1, 0.15) is 29.0 Å². The molecule has 0 N–H and O–H groups in total. The van der Waals surface area contributed by atoms with Gasteiger partial charge in [-0.05, 0) is 30.5 Å². The van der Waals surface area contributed by atoms with Gasteiger partial charge in [-0.3, -0.25) is 9.59 Å². The number of amides is 2. The van der Waals surface area contributed by atoms with Crippen LogP contribution < -0.4 is 0 Å². The van der Waals surface area contributed by atoms with Gasteiger partial charge in [0.1, 0.15) is 0 Å². The van der Waals surface area contributed by atoms with Crippen molar-refractivity contribution in [1.29, 1.82) is 0 Å². The Bertz CT molecular complexity index is 817. The van der Waals surface area contributed by atoms with Crippen LogP contribution >= 0.6 is 0 Å². The van der Waals surface area contributed by atoms with Crippen molar-refractivity contribution < 1.29 is 23.5 Å². The largest absolute Gasteiger partial charge is 0.459 e. The molecule has 2 saturated heterocycles. The maximum atomic E-state index is 13.1. The van der Waals surface area contributed by atoms with Crippen LogP contribution in [0.15, 0.2) is 53.1 Å². The summed E-state index contributed by atoms with van der Waals surface area (Å²) >= 11 is 0. The van der Waals surface area contributed by atoms with E-state index in [4.69, 9.17) is 13.9 Å². The fourth-order valence-electron chi connectivity index (χ4n) is 4.01. The van der Waals surface area contributed by atoms with E-state index in [1.165, 1.54) is 6.26 Å². The Morgan fingerprint density at radius 2 is 1.80 bits per heavy atom. The van der Waals surface area contributed by atoms with Crippen LogP contribution in [-0.4, -0.2) is 73.2 Å². The van der Waals surface area contributed by atoms with Crippen LogP contribution in [0.4, 0.5) is 0 Å². The summed E-state index contributed by atoms with van der Waals surface area (Å²) in [6.07, 6.45) is 3.65. The number of rotatable bonds is 7. The van der Waals surface area contributed by atoms with Crippen LogP contribution in [-0.2, 0) is 20.7 Å². The summed E-state index contributed by atoms with van der Waals surface area (Å²) in [4.78, 5) is 29.3. The van der Waals surface area contributed by atoms with E-state index < -0.39 is 0 Å². The first-order valence-corrected chi connectivity index (χ1v) is 10.6. The highest BCUT2D eigenvalue weighted by molar-refractivity contribution is 5.91. The molecule has 7 nitrogen and oxygen atoms in total. The highest BCUT2D eigenvalue weighted by Gasteiger charge is 2.30. The van der Waals surface area contributed by atoms with Crippen molar-refractivity contribution in [3.05, 3.63) is 60.1 Å². The van der Waals surface area contributed by atoms with Gasteiger partial charge in [0, 0.05) is 32.8 Å². The summed E-state index contributed by atoms with van der Waals surface area (Å²) in [5.41, 5.74) is 0.985. The Morgan fingerprint density at radius 3 is 2.53 bits per heavy atom. The number of morpholine rings is 1. The summed E-state index contributed by atoms with van der Waals surface area (Å²) in [5.74, 6) is 0.233. The van der Waals surface area contributed by atoms with Gasteiger partial charge in [-0.15, -0.1) is 0 Å². The zero-order chi connectivity index (χ0) is 20.8. The van der Waals surface area contributed by atoms with E-state index in [2.05, 4.69) is 0 Å². The minimum absolute atomic E-state index is 0.0507. The summed E-state index contributed by atoms with van der Waals surface area (Å²) in [6, 6.07) is 13.1. The number of carbonyl (C=O) groups is 2. The molecule has 2 unspecified atom stereocenters. The Hall–Kier alpha value is -2.64. The van der Waals surface area contributed by atoms with Crippen molar-refractivity contribution in [2.75, 3.05) is 39.4 Å².